The molecular weight excluding hydrogens is 220 g/mol. The maximum atomic E-state index is 11.6. The summed E-state index contributed by atoms with van der Waals surface area (Å²) in [6.45, 7) is 2.77. The Bertz CT molecular complexity index is 281. The van der Waals surface area contributed by atoms with Gasteiger partial charge in [-0.05, 0) is 32.7 Å². The molecule has 0 aromatic heterocycles. The first-order chi connectivity index (χ1) is 8.06. The number of carboxylic acids is 1. The number of nitrogens with one attached hydrogen (secondary N) is 1. The number of carbonyl (C=O) groups excluding carboxylic acids is 1. The van der Waals surface area contributed by atoms with E-state index in [0.717, 1.165) is 25.8 Å². The molecule has 0 aliphatic carbocycles. The monoisotopic (exact) mass is 242 g/mol. The first-order valence-electron chi connectivity index (χ1n) is 6.25. The zero-order valence-electron chi connectivity index (χ0n) is 10.6. The summed E-state index contributed by atoms with van der Waals surface area (Å²) in [5.41, 5.74) is 0. The van der Waals surface area contributed by atoms with Crippen LogP contribution in [0.4, 0.5) is 0 Å². The summed E-state index contributed by atoms with van der Waals surface area (Å²) in [4.78, 5) is 24.4. The minimum atomic E-state index is -0.761. The van der Waals surface area contributed by atoms with Crippen molar-refractivity contribution in [2.45, 2.75) is 51.1 Å². The van der Waals surface area contributed by atoms with E-state index in [1.807, 2.05) is 6.92 Å². The fourth-order valence-corrected chi connectivity index (χ4v) is 2.49. The highest BCUT2D eigenvalue weighted by molar-refractivity contribution is 5.81. The molecule has 98 valence electrons. The van der Waals surface area contributed by atoms with Crippen LogP contribution in [0.15, 0.2) is 0 Å². The number of likely N-dealkylation sites (tertiary alicyclic amines) is 1. The van der Waals surface area contributed by atoms with Crippen molar-refractivity contribution in [3.8, 4) is 0 Å². The number of aliphatic carboxylic acids is 1. The van der Waals surface area contributed by atoms with Gasteiger partial charge in [-0.25, -0.2) is 0 Å². The van der Waals surface area contributed by atoms with E-state index in [4.69, 9.17) is 5.11 Å². The Kier molecular flexibility index (Phi) is 5.41. The lowest BCUT2D eigenvalue weighted by Crippen LogP contribution is -2.51. The molecule has 2 N–H and O–H groups in total. The second kappa shape index (κ2) is 6.59. The van der Waals surface area contributed by atoms with E-state index < -0.39 is 5.97 Å². The van der Waals surface area contributed by atoms with Crippen LogP contribution in [0.3, 0.4) is 0 Å². The van der Waals surface area contributed by atoms with Crippen LogP contribution in [-0.2, 0) is 9.59 Å². The van der Waals surface area contributed by atoms with Gasteiger partial charge in [0.15, 0.2) is 0 Å². The number of carbonyl (C=O) groups is 2. The van der Waals surface area contributed by atoms with Crippen LogP contribution < -0.4 is 5.32 Å². The molecule has 1 rings (SSSR count). The van der Waals surface area contributed by atoms with Gasteiger partial charge in [0.1, 0.15) is 0 Å². The molecule has 1 saturated heterocycles. The molecule has 17 heavy (non-hydrogen) atoms. The highest BCUT2D eigenvalue weighted by atomic mass is 16.4. The highest BCUT2D eigenvalue weighted by Crippen LogP contribution is 2.23. The van der Waals surface area contributed by atoms with Crippen LogP contribution in [-0.4, -0.2) is 47.6 Å². The summed E-state index contributed by atoms with van der Waals surface area (Å²) in [5.74, 6) is -0.754. The van der Waals surface area contributed by atoms with Gasteiger partial charge < -0.3 is 10.4 Å². The van der Waals surface area contributed by atoms with Crippen molar-refractivity contribution < 1.29 is 14.7 Å². The van der Waals surface area contributed by atoms with Crippen molar-refractivity contribution in [3.05, 3.63) is 0 Å². The number of carboxylic acid groups (broad SMARTS) is 1. The molecule has 1 aliphatic heterocycles. The van der Waals surface area contributed by atoms with Crippen LogP contribution in [0.2, 0.25) is 0 Å². The number of amides is 1. The number of rotatable bonds is 5. The molecular formula is C12H22N2O3. The van der Waals surface area contributed by atoms with Crippen molar-refractivity contribution in [1.82, 2.24) is 10.2 Å². The first kappa shape index (κ1) is 14.0. The predicted molar refractivity (Wildman–Crippen MR) is 64.7 cm³/mol. The molecule has 2 unspecified atom stereocenters. The van der Waals surface area contributed by atoms with Gasteiger partial charge in [-0.15, -0.1) is 0 Å². The largest absolute Gasteiger partial charge is 0.481 e. The van der Waals surface area contributed by atoms with Crippen LogP contribution in [0.5, 0.6) is 0 Å². The van der Waals surface area contributed by atoms with Crippen molar-refractivity contribution in [2.75, 3.05) is 13.6 Å². The molecule has 0 radical (unpaired) electrons. The SMILES string of the molecule is CNC(=O)C(C)N1CCCCC1CCC(=O)O. The molecule has 0 saturated carbocycles. The lowest BCUT2D eigenvalue weighted by atomic mass is 9.96. The van der Waals surface area contributed by atoms with Crippen LogP contribution in [0.1, 0.15) is 39.0 Å². The summed E-state index contributed by atoms with van der Waals surface area (Å²) in [7, 11) is 1.63. The van der Waals surface area contributed by atoms with Crippen molar-refractivity contribution in [3.63, 3.8) is 0 Å². The van der Waals surface area contributed by atoms with Gasteiger partial charge in [0.05, 0.1) is 6.04 Å². The van der Waals surface area contributed by atoms with E-state index in [-0.39, 0.29) is 24.4 Å². The van der Waals surface area contributed by atoms with Crippen LogP contribution in [0, 0.1) is 0 Å². The minimum absolute atomic E-state index is 0.00669. The summed E-state index contributed by atoms with van der Waals surface area (Å²) in [6, 6.07) is 0.0613. The summed E-state index contributed by atoms with van der Waals surface area (Å²) >= 11 is 0. The van der Waals surface area contributed by atoms with Crippen molar-refractivity contribution in [1.29, 1.82) is 0 Å². The van der Waals surface area contributed by atoms with Gasteiger partial charge in [0, 0.05) is 19.5 Å². The summed E-state index contributed by atoms with van der Waals surface area (Å²) < 4.78 is 0. The standard InChI is InChI=1S/C12H22N2O3/c1-9(12(17)13-2)14-8-4-3-5-10(14)6-7-11(15)16/h9-10H,3-8H2,1-2H3,(H,13,17)(H,15,16). The van der Waals surface area contributed by atoms with E-state index in [9.17, 15) is 9.59 Å². The zero-order chi connectivity index (χ0) is 12.8. The van der Waals surface area contributed by atoms with E-state index in [1.54, 1.807) is 7.05 Å². The highest BCUT2D eigenvalue weighted by Gasteiger charge is 2.29. The molecule has 2 atom stereocenters. The molecule has 1 heterocycles. The normalized spacial score (nSPS) is 23.1. The first-order valence-corrected chi connectivity index (χ1v) is 6.25. The number of nitrogens with zero attached hydrogens (tertiary/aromatic N) is 1. The van der Waals surface area contributed by atoms with Crippen LogP contribution >= 0.6 is 0 Å². The molecule has 5 nitrogen and oxygen atoms in total. The van der Waals surface area contributed by atoms with Gasteiger partial charge in [-0.2, -0.15) is 0 Å². The van der Waals surface area contributed by atoms with E-state index in [1.165, 1.54) is 0 Å². The Morgan fingerprint density at radius 3 is 2.76 bits per heavy atom. The smallest absolute Gasteiger partial charge is 0.303 e. The number of hydrogen-bond acceptors (Lipinski definition) is 3. The molecule has 1 fully saturated rings. The molecule has 1 amide bonds. The fourth-order valence-electron chi connectivity index (χ4n) is 2.49. The third-order valence-corrected chi connectivity index (χ3v) is 3.49. The number of likely N-dealkylation sites (N-methyl/N-ethyl adjacent to an activating group) is 1. The topological polar surface area (TPSA) is 69.6 Å². The lowest BCUT2D eigenvalue weighted by molar-refractivity contribution is -0.137. The average molecular weight is 242 g/mol. The molecule has 1 aliphatic rings. The number of piperidine rings is 1. The molecule has 0 aromatic rings. The van der Waals surface area contributed by atoms with E-state index in [0.29, 0.717) is 6.42 Å². The van der Waals surface area contributed by atoms with Gasteiger partial charge in [-0.3, -0.25) is 14.5 Å². The van der Waals surface area contributed by atoms with Gasteiger partial charge in [0.2, 0.25) is 5.91 Å². The fraction of sp³-hybridized carbons (Fsp3) is 0.833. The second-order valence-electron chi connectivity index (χ2n) is 4.61. The minimum Gasteiger partial charge on any atom is -0.481 e. The van der Waals surface area contributed by atoms with Crippen LogP contribution in [0.25, 0.3) is 0 Å². The molecule has 5 heteroatoms. The third kappa shape index (κ3) is 4.00. The maximum Gasteiger partial charge on any atom is 0.303 e. The van der Waals surface area contributed by atoms with Crippen molar-refractivity contribution >= 4 is 11.9 Å². The lowest BCUT2D eigenvalue weighted by Gasteiger charge is -2.39. The second-order valence-corrected chi connectivity index (χ2v) is 4.61. The Morgan fingerprint density at radius 2 is 2.18 bits per heavy atom. The molecule has 0 spiro atoms. The molecule has 0 aromatic carbocycles. The van der Waals surface area contributed by atoms with Crippen molar-refractivity contribution in [2.24, 2.45) is 0 Å². The van der Waals surface area contributed by atoms with Gasteiger partial charge >= 0.3 is 5.97 Å². The quantitative estimate of drug-likeness (QED) is 0.749. The average Bonchev–Trinajstić information content (AvgIpc) is 2.34. The van der Waals surface area contributed by atoms with Gasteiger partial charge in [-0.1, -0.05) is 6.42 Å². The third-order valence-electron chi connectivity index (χ3n) is 3.49. The predicted octanol–water partition coefficient (Wildman–Crippen LogP) is 0.840. The Morgan fingerprint density at radius 1 is 1.47 bits per heavy atom. The summed E-state index contributed by atoms with van der Waals surface area (Å²) in [6.07, 6.45) is 4.03. The molecule has 0 bridgehead atoms. The van der Waals surface area contributed by atoms with Gasteiger partial charge in [0.25, 0.3) is 0 Å². The zero-order valence-corrected chi connectivity index (χ0v) is 10.6. The number of hydrogen-bond donors (Lipinski definition) is 2. The van der Waals surface area contributed by atoms with E-state index >= 15 is 0 Å². The maximum absolute atomic E-state index is 11.6. The van der Waals surface area contributed by atoms with E-state index in [2.05, 4.69) is 10.2 Å². The Hall–Kier alpha value is -1.10. The Balaban J connectivity index is 2.58. The Labute approximate surface area is 102 Å². The summed E-state index contributed by atoms with van der Waals surface area (Å²) in [5, 5.41) is 11.4.